The predicted molar refractivity (Wildman–Crippen MR) is 99.1 cm³/mol. The lowest BCUT2D eigenvalue weighted by atomic mass is 10.2. The average Bonchev–Trinajstić information content (AvgIpc) is 2.49. The number of carbonyl (C=O) groups is 1. The van der Waals surface area contributed by atoms with Crippen molar-refractivity contribution >= 4 is 56.8 Å². The fourth-order valence-corrected chi connectivity index (χ4v) is 3.68. The van der Waals surface area contributed by atoms with Gasteiger partial charge in [0.2, 0.25) is 0 Å². The molecule has 6 heteroatoms. The van der Waals surface area contributed by atoms with Crippen molar-refractivity contribution in [3.05, 3.63) is 68.1 Å². The molecule has 0 heterocycles. The number of carbonyl (C=O) groups excluding carboxylic acids is 1. The summed E-state index contributed by atoms with van der Waals surface area (Å²) in [7, 11) is 0. The molecule has 0 bridgehead atoms. The van der Waals surface area contributed by atoms with Gasteiger partial charge in [-0.3, -0.25) is 4.79 Å². The van der Waals surface area contributed by atoms with Gasteiger partial charge in [0.25, 0.3) is 5.91 Å². The highest BCUT2D eigenvalue weighted by molar-refractivity contribution is 9.10. The van der Waals surface area contributed by atoms with Gasteiger partial charge in [0.15, 0.2) is 0 Å². The van der Waals surface area contributed by atoms with Crippen molar-refractivity contribution in [2.24, 2.45) is 0 Å². The Morgan fingerprint density at radius 3 is 2.68 bits per heavy atom. The second-order valence-corrected chi connectivity index (χ2v) is 7.33. The van der Waals surface area contributed by atoms with E-state index in [1.165, 1.54) is 0 Å². The van der Waals surface area contributed by atoms with Crippen LogP contribution < -0.4 is 5.32 Å². The molecule has 2 aromatic rings. The van der Waals surface area contributed by atoms with Crippen LogP contribution in [0.15, 0.2) is 46.9 Å². The van der Waals surface area contributed by atoms with E-state index >= 15 is 0 Å². The summed E-state index contributed by atoms with van der Waals surface area (Å²) < 4.78 is 0.799. The van der Waals surface area contributed by atoms with Crippen molar-refractivity contribution in [1.82, 2.24) is 5.32 Å². The number of hydrogen-bond acceptors (Lipinski definition) is 2. The third-order valence-corrected chi connectivity index (χ3v) is 5.21. The number of hydrogen-bond donors (Lipinski definition) is 1. The summed E-state index contributed by atoms with van der Waals surface area (Å²) in [6.07, 6.45) is 0. The summed E-state index contributed by atoms with van der Waals surface area (Å²) in [6, 6.07) is 12.9. The summed E-state index contributed by atoms with van der Waals surface area (Å²) in [6.45, 7) is 0.607. The number of benzene rings is 2. The molecule has 2 rings (SSSR count). The highest BCUT2D eigenvalue weighted by Crippen LogP contribution is 2.24. The van der Waals surface area contributed by atoms with E-state index in [9.17, 15) is 4.79 Å². The highest BCUT2D eigenvalue weighted by atomic mass is 79.9. The summed E-state index contributed by atoms with van der Waals surface area (Å²) in [5.74, 6) is 1.54. The molecule has 116 valence electrons. The molecular formula is C16H14BrCl2NOS. The first-order valence-corrected chi connectivity index (χ1v) is 9.32. The Kier molecular flexibility index (Phi) is 7.09. The Morgan fingerprint density at radius 1 is 1.18 bits per heavy atom. The average molecular weight is 419 g/mol. The summed E-state index contributed by atoms with van der Waals surface area (Å²) >= 11 is 17.1. The molecule has 0 aromatic heterocycles. The van der Waals surface area contributed by atoms with E-state index in [1.807, 2.05) is 30.3 Å². The van der Waals surface area contributed by atoms with Crippen molar-refractivity contribution in [1.29, 1.82) is 0 Å². The Bertz CT molecular complexity index is 666. The number of nitrogens with one attached hydrogen (secondary N) is 1. The molecule has 2 nitrogen and oxygen atoms in total. The largest absolute Gasteiger partial charge is 0.351 e. The molecule has 1 amide bonds. The van der Waals surface area contributed by atoms with E-state index in [0.29, 0.717) is 22.2 Å². The van der Waals surface area contributed by atoms with Crippen LogP contribution in [0.1, 0.15) is 15.9 Å². The molecular weight excluding hydrogens is 405 g/mol. The molecule has 0 aliphatic heterocycles. The van der Waals surface area contributed by atoms with Crippen molar-refractivity contribution in [3.8, 4) is 0 Å². The van der Waals surface area contributed by atoms with E-state index in [2.05, 4.69) is 21.2 Å². The molecule has 0 unspecified atom stereocenters. The maximum atomic E-state index is 12.0. The van der Waals surface area contributed by atoms with E-state index in [0.717, 1.165) is 21.5 Å². The van der Waals surface area contributed by atoms with Crippen LogP contribution >= 0.6 is 50.9 Å². The fourth-order valence-electron chi connectivity index (χ4n) is 1.80. The minimum absolute atomic E-state index is 0.0717. The number of amides is 1. The molecule has 0 spiro atoms. The van der Waals surface area contributed by atoms with Gasteiger partial charge in [0, 0.05) is 32.6 Å². The van der Waals surface area contributed by atoms with Crippen LogP contribution in [-0.2, 0) is 5.75 Å². The van der Waals surface area contributed by atoms with E-state index in [4.69, 9.17) is 23.2 Å². The molecule has 0 aliphatic rings. The second-order valence-electron chi connectivity index (χ2n) is 4.52. The van der Waals surface area contributed by atoms with Gasteiger partial charge < -0.3 is 5.32 Å². The smallest absolute Gasteiger partial charge is 0.252 e. The normalized spacial score (nSPS) is 10.5. The monoisotopic (exact) mass is 417 g/mol. The Balaban J connectivity index is 1.73. The zero-order valence-electron chi connectivity index (χ0n) is 11.6. The summed E-state index contributed by atoms with van der Waals surface area (Å²) in [4.78, 5) is 12.0. The first-order chi connectivity index (χ1) is 10.6. The SMILES string of the molecule is O=C(NCCSCc1ccc(Cl)cc1Cl)c1ccccc1Br. The topological polar surface area (TPSA) is 29.1 Å². The van der Waals surface area contributed by atoms with Gasteiger partial charge in [-0.2, -0.15) is 11.8 Å². The van der Waals surface area contributed by atoms with Gasteiger partial charge in [-0.15, -0.1) is 0 Å². The fraction of sp³-hybridized carbons (Fsp3) is 0.188. The number of thioether (sulfide) groups is 1. The first-order valence-electron chi connectivity index (χ1n) is 6.62. The zero-order valence-corrected chi connectivity index (χ0v) is 15.5. The van der Waals surface area contributed by atoms with Crippen LogP contribution in [0, 0.1) is 0 Å². The predicted octanol–water partition coefficient (Wildman–Crippen LogP) is 5.42. The van der Waals surface area contributed by atoms with Crippen LogP contribution in [0.4, 0.5) is 0 Å². The van der Waals surface area contributed by atoms with Crippen molar-refractivity contribution in [2.45, 2.75) is 5.75 Å². The van der Waals surface area contributed by atoms with Crippen LogP contribution in [0.5, 0.6) is 0 Å². The lowest BCUT2D eigenvalue weighted by molar-refractivity contribution is 0.0955. The lowest BCUT2D eigenvalue weighted by Gasteiger charge is -2.07. The van der Waals surface area contributed by atoms with Crippen LogP contribution in [0.2, 0.25) is 10.0 Å². The van der Waals surface area contributed by atoms with E-state index < -0.39 is 0 Å². The van der Waals surface area contributed by atoms with Gasteiger partial charge >= 0.3 is 0 Å². The molecule has 0 fully saturated rings. The molecule has 0 saturated heterocycles. The summed E-state index contributed by atoms with van der Waals surface area (Å²) in [5, 5.41) is 4.22. The Labute approximate surface area is 152 Å². The maximum Gasteiger partial charge on any atom is 0.252 e. The van der Waals surface area contributed by atoms with Gasteiger partial charge in [-0.25, -0.2) is 0 Å². The third kappa shape index (κ3) is 5.20. The van der Waals surface area contributed by atoms with Crippen LogP contribution in [0.3, 0.4) is 0 Å². The van der Waals surface area contributed by atoms with Crippen molar-refractivity contribution in [3.63, 3.8) is 0 Å². The highest BCUT2D eigenvalue weighted by Gasteiger charge is 2.08. The van der Waals surface area contributed by atoms with Gasteiger partial charge in [0.05, 0.1) is 5.56 Å². The first kappa shape index (κ1) is 17.7. The van der Waals surface area contributed by atoms with Crippen LogP contribution in [-0.4, -0.2) is 18.2 Å². The maximum absolute atomic E-state index is 12.0. The molecule has 0 aliphatic carbocycles. The minimum Gasteiger partial charge on any atom is -0.351 e. The molecule has 2 aromatic carbocycles. The van der Waals surface area contributed by atoms with Crippen molar-refractivity contribution in [2.75, 3.05) is 12.3 Å². The van der Waals surface area contributed by atoms with E-state index in [-0.39, 0.29) is 5.91 Å². The Morgan fingerprint density at radius 2 is 1.95 bits per heavy atom. The van der Waals surface area contributed by atoms with Gasteiger partial charge in [0.1, 0.15) is 0 Å². The molecule has 22 heavy (non-hydrogen) atoms. The summed E-state index contributed by atoms with van der Waals surface area (Å²) in [5.41, 5.74) is 1.70. The molecule has 1 N–H and O–H groups in total. The van der Waals surface area contributed by atoms with Gasteiger partial charge in [-0.1, -0.05) is 41.4 Å². The van der Waals surface area contributed by atoms with Gasteiger partial charge in [-0.05, 0) is 45.8 Å². The minimum atomic E-state index is -0.0717. The van der Waals surface area contributed by atoms with E-state index in [1.54, 1.807) is 23.9 Å². The van der Waals surface area contributed by atoms with Crippen molar-refractivity contribution < 1.29 is 4.79 Å². The lowest BCUT2D eigenvalue weighted by Crippen LogP contribution is -2.26. The van der Waals surface area contributed by atoms with Crippen LogP contribution in [0.25, 0.3) is 0 Å². The molecule has 0 atom stereocenters. The molecule has 0 radical (unpaired) electrons. The second kappa shape index (κ2) is 8.82. The number of rotatable bonds is 6. The Hall–Kier alpha value is -0.680. The quantitative estimate of drug-likeness (QED) is 0.634. The number of halogens is 3. The standard InChI is InChI=1S/C16H14BrCl2NOS/c17-14-4-2-1-3-13(14)16(21)20-7-8-22-10-11-5-6-12(18)9-15(11)19/h1-6,9H,7-8,10H2,(H,20,21). The third-order valence-electron chi connectivity index (χ3n) is 2.92. The molecule has 0 saturated carbocycles. The zero-order chi connectivity index (χ0) is 15.9.